The molecule has 1 aliphatic heterocycles. The Kier molecular flexibility index (Phi) is 5.99. The number of nitrogens with zero attached hydrogens (tertiary/aromatic N) is 2. The zero-order chi connectivity index (χ0) is 22.7. The van der Waals surface area contributed by atoms with Gasteiger partial charge >= 0.3 is 0 Å². The maximum absolute atomic E-state index is 13.2. The van der Waals surface area contributed by atoms with Gasteiger partial charge in [0.2, 0.25) is 0 Å². The van der Waals surface area contributed by atoms with Crippen molar-refractivity contribution in [3.05, 3.63) is 94.5 Å². The zero-order valence-corrected chi connectivity index (χ0v) is 18.0. The predicted octanol–water partition coefficient (Wildman–Crippen LogP) is 4.84. The molecular formula is C24H14ClN3O3S. The van der Waals surface area contributed by atoms with Crippen LogP contribution in [0.15, 0.2) is 78.4 Å². The van der Waals surface area contributed by atoms with Gasteiger partial charge in [-0.05, 0) is 60.8 Å². The van der Waals surface area contributed by atoms with Crippen LogP contribution in [0.25, 0.3) is 6.08 Å². The summed E-state index contributed by atoms with van der Waals surface area (Å²) in [6, 6.07) is 22.3. The van der Waals surface area contributed by atoms with Crippen LogP contribution in [-0.4, -0.2) is 16.9 Å². The topological polar surface area (TPSA) is 82.4 Å². The Bertz CT molecular complexity index is 1310. The lowest BCUT2D eigenvalue weighted by atomic mass is 10.1. The first-order chi connectivity index (χ1) is 15.5. The van der Waals surface area contributed by atoms with E-state index in [0.717, 1.165) is 0 Å². The molecule has 1 N–H and O–H groups in total. The van der Waals surface area contributed by atoms with Gasteiger partial charge in [0.15, 0.2) is 5.11 Å². The van der Waals surface area contributed by atoms with Crippen molar-refractivity contribution in [1.29, 1.82) is 5.26 Å². The first kappa shape index (κ1) is 21.2. The summed E-state index contributed by atoms with van der Waals surface area (Å²) in [5.41, 5.74) is 1.21. The summed E-state index contributed by atoms with van der Waals surface area (Å²) < 4.78 is 5.93. The molecule has 0 radical (unpaired) electrons. The molecule has 0 aromatic heterocycles. The fourth-order valence-corrected chi connectivity index (χ4v) is 3.50. The maximum Gasteiger partial charge on any atom is 0.270 e. The second-order valence-electron chi connectivity index (χ2n) is 6.68. The first-order valence-electron chi connectivity index (χ1n) is 9.41. The summed E-state index contributed by atoms with van der Waals surface area (Å²) in [7, 11) is 0. The second kappa shape index (κ2) is 9.02. The average molecular weight is 460 g/mol. The Balaban J connectivity index is 1.72. The molecule has 6 nitrogen and oxygen atoms in total. The van der Waals surface area contributed by atoms with Crippen LogP contribution in [-0.2, 0) is 9.59 Å². The molecule has 2 amide bonds. The highest BCUT2D eigenvalue weighted by Crippen LogP contribution is 2.30. The van der Waals surface area contributed by atoms with E-state index in [1.54, 1.807) is 72.8 Å². The van der Waals surface area contributed by atoms with Crippen LogP contribution in [0.2, 0.25) is 5.02 Å². The van der Waals surface area contributed by atoms with Crippen LogP contribution < -0.4 is 15.0 Å². The number of amides is 2. The standard InChI is InChI=1S/C24H14ClN3O3S/c25-17-9-11-18(12-10-17)28-23(30)19(22(29)27-24(28)32)13-15-5-1-3-7-20(15)31-21-8-4-2-6-16(21)14-26/h1-13H,(H,27,29,32)/b19-13-. The number of carbonyl (C=O) groups excluding carboxylic acids is 2. The molecule has 3 aromatic carbocycles. The van der Waals surface area contributed by atoms with Gasteiger partial charge in [-0.15, -0.1) is 0 Å². The summed E-state index contributed by atoms with van der Waals surface area (Å²) in [5.74, 6) is -0.440. The van der Waals surface area contributed by atoms with Crippen LogP contribution in [0, 0.1) is 11.3 Å². The average Bonchev–Trinajstić information content (AvgIpc) is 2.79. The number of ether oxygens (including phenoxy) is 1. The monoisotopic (exact) mass is 459 g/mol. The van der Waals surface area contributed by atoms with Crippen molar-refractivity contribution in [1.82, 2.24) is 5.32 Å². The molecule has 0 spiro atoms. The van der Waals surface area contributed by atoms with E-state index in [4.69, 9.17) is 28.6 Å². The number of anilines is 1. The Morgan fingerprint density at radius 3 is 2.34 bits per heavy atom. The molecule has 1 aliphatic rings. The van der Waals surface area contributed by atoms with E-state index in [-0.39, 0.29) is 10.7 Å². The Hall–Kier alpha value is -3.99. The smallest absolute Gasteiger partial charge is 0.270 e. The number of hydrogen-bond acceptors (Lipinski definition) is 5. The molecule has 1 fully saturated rings. The molecule has 3 aromatic rings. The van der Waals surface area contributed by atoms with Crippen LogP contribution in [0.1, 0.15) is 11.1 Å². The van der Waals surface area contributed by atoms with Crippen molar-refractivity contribution < 1.29 is 14.3 Å². The van der Waals surface area contributed by atoms with E-state index in [2.05, 4.69) is 11.4 Å². The number of benzene rings is 3. The number of nitrogens with one attached hydrogen (secondary N) is 1. The first-order valence-corrected chi connectivity index (χ1v) is 10.2. The number of thiocarbonyl (C=S) groups is 1. The number of carbonyl (C=O) groups is 2. The van der Waals surface area contributed by atoms with Gasteiger partial charge in [0, 0.05) is 10.6 Å². The van der Waals surface area contributed by atoms with Gasteiger partial charge in [-0.2, -0.15) is 5.26 Å². The molecule has 0 aliphatic carbocycles. The third kappa shape index (κ3) is 4.23. The van der Waals surface area contributed by atoms with Crippen molar-refractivity contribution in [3.63, 3.8) is 0 Å². The highest BCUT2D eigenvalue weighted by Gasteiger charge is 2.34. The summed E-state index contributed by atoms with van der Waals surface area (Å²) >= 11 is 11.1. The Morgan fingerprint density at radius 2 is 1.62 bits per heavy atom. The summed E-state index contributed by atoms with van der Waals surface area (Å²) in [5, 5.41) is 12.3. The molecule has 1 heterocycles. The lowest BCUT2D eigenvalue weighted by Crippen LogP contribution is -2.54. The number of halogens is 1. The van der Waals surface area contributed by atoms with E-state index >= 15 is 0 Å². The van der Waals surface area contributed by atoms with Crippen LogP contribution in [0.5, 0.6) is 11.5 Å². The Labute approximate surface area is 194 Å². The van der Waals surface area contributed by atoms with Gasteiger partial charge in [0.05, 0.1) is 11.3 Å². The van der Waals surface area contributed by atoms with Crippen molar-refractivity contribution in [2.45, 2.75) is 0 Å². The lowest BCUT2D eigenvalue weighted by molar-refractivity contribution is -0.122. The molecule has 0 bridgehead atoms. The second-order valence-corrected chi connectivity index (χ2v) is 7.51. The van der Waals surface area contributed by atoms with E-state index in [0.29, 0.717) is 33.3 Å². The minimum atomic E-state index is -0.613. The lowest BCUT2D eigenvalue weighted by Gasteiger charge is -2.29. The van der Waals surface area contributed by atoms with Gasteiger partial charge < -0.3 is 4.74 Å². The highest BCUT2D eigenvalue weighted by molar-refractivity contribution is 7.80. The summed E-state index contributed by atoms with van der Waals surface area (Å²) in [6.07, 6.45) is 1.44. The summed E-state index contributed by atoms with van der Waals surface area (Å²) in [6.45, 7) is 0. The quantitative estimate of drug-likeness (QED) is 0.343. The molecule has 4 rings (SSSR count). The number of rotatable bonds is 4. The van der Waals surface area contributed by atoms with E-state index in [1.807, 2.05) is 0 Å². The zero-order valence-electron chi connectivity index (χ0n) is 16.4. The minimum Gasteiger partial charge on any atom is -0.455 e. The van der Waals surface area contributed by atoms with Crippen LogP contribution in [0.3, 0.4) is 0 Å². The highest BCUT2D eigenvalue weighted by atomic mass is 35.5. The van der Waals surface area contributed by atoms with Gasteiger partial charge in [-0.1, -0.05) is 41.9 Å². The third-order valence-electron chi connectivity index (χ3n) is 4.63. The number of hydrogen-bond donors (Lipinski definition) is 1. The van der Waals surface area contributed by atoms with Crippen molar-refractivity contribution in [2.24, 2.45) is 0 Å². The van der Waals surface area contributed by atoms with E-state index in [1.165, 1.54) is 11.0 Å². The fraction of sp³-hybridized carbons (Fsp3) is 0. The van der Waals surface area contributed by atoms with Crippen LogP contribution in [0.4, 0.5) is 5.69 Å². The van der Waals surface area contributed by atoms with Gasteiger partial charge in [-0.3, -0.25) is 19.8 Å². The molecule has 32 heavy (non-hydrogen) atoms. The Morgan fingerprint density at radius 1 is 0.969 bits per heavy atom. The molecule has 8 heteroatoms. The van der Waals surface area contributed by atoms with Crippen molar-refractivity contribution in [3.8, 4) is 17.6 Å². The fourth-order valence-electron chi connectivity index (χ4n) is 3.10. The third-order valence-corrected chi connectivity index (χ3v) is 5.17. The normalized spacial score (nSPS) is 14.8. The molecule has 0 saturated carbocycles. The van der Waals surface area contributed by atoms with Gasteiger partial charge in [0.1, 0.15) is 23.1 Å². The maximum atomic E-state index is 13.2. The molecule has 0 unspecified atom stereocenters. The van der Waals surface area contributed by atoms with Crippen molar-refractivity contribution >= 4 is 52.5 Å². The van der Waals surface area contributed by atoms with E-state index < -0.39 is 11.8 Å². The molecular weight excluding hydrogens is 446 g/mol. The minimum absolute atomic E-state index is 0.0213. The number of nitriles is 1. The summed E-state index contributed by atoms with van der Waals surface area (Å²) in [4.78, 5) is 27.0. The molecule has 1 saturated heterocycles. The predicted molar refractivity (Wildman–Crippen MR) is 125 cm³/mol. The van der Waals surface area contributed by atoms with Crippen LogP contribution >= 0.6 is 23.8 Å². The largest absolute Gasteiger partial charge is 0.455 e. The van der Waals surface area contributed by atoms with E-state index in [9.17, 15) is 14.9 Å². The number of para-hydroxylation sites is 2. The van der Waals surface area contributed by atoms with Crippen molar-refractivity contribution in [2.75, 3.05) is 4.90 Å². The SMILES string of the molecule is N#Cc1ccccc1Oc1ccccc1/C=C1/C(=O)NC(=S)N(c2ccc(Cl)cc2)C1=O. The molecule has 0 atom stereocenters. The van der Waals surface area contributed by atoms with Gasteiger partial charge in [0.25, 0.3) is 11.8 Å². The molecule has 156 valence electrons. The van der Waals surface area contributed by atoms with Gasteiger partial charge in [-0.25, -0.2) is 0 Å².